The number of likely N-dealkylation sites (tertiary alicyclic amines) is 1. The highest BCUT2D eigenvalue weighted by Gasteiger charge is 2.34. The van der Waals surface area contributed by atoms with Crippen LogP contribution in [0.15, 0.2) is 70.1 Å². The van der Waals surface area contributed by atoms with Crippen LogP contribution in [-0.2, 0) is 21.2 Å². The van der Waals surface area contributed by atoms with Crippen LogP contribution in [0.5, 0.6) is 5.75 Å². The van der Waals surface area contributed by atoms with Crippen molar-refractivity contribution in [2.75, 3.05) is 31.5 Å². The van der Waals surface area contributed by atoms with E-state index in [-0.39, 0.29) is 52.7 Å². The molecule has 0 bridgehead atoms. The Morgan fingerprint density at radius 3 is 2.67 bits per heavy atom. The molecule has 3 heterocycles. The maximum Gasteiger partial charge on any atom is 0.251 e. The lowest BCUT2D eigenvalue weighted by Gasteiger charge is -2.31. The number of carbonyl (C=O) groups is 2. The number of hydrogen-bond acceptors (Lipinski definition) is 9. The highest BCUT2D eigenvalue weighted by molar-refractivity contribution is 7.95. The first-order chi connectivity index (χ1) is 20.7. The van der Waals surface area contributed by atoms with Crippen molar-refractivity contribution in [3.8, 4) is 16.3 Å². The number of allylic oxidation sites excluding steroid dienone is 2. The molecule has 1 saturated heterocycles. The van der Waals surface area contributed by atoms with Crippen molar-refractivity contribution in [1.82, 2.24) is 15.2 Å². The second-order valence-electron chi connectivity index (χ2n) is 10.9. The largest absolute Gasteiger partial charge is 0.490 e. The number of fused-ring (bicyclic) bond motifs is 1. The van der Waals surface area contributed by atoms with E-state index in [0.29, 0.717) is 16.8 Å². The van der Waals surface area contributed by atoms with Gasteiger partial charge in [-0.25, -0.2) is 13.4 Å². The third kappa shape index (κ3) is 5.89. The zero-order chi connectivity index (χ0) is 30.1. The number of amides is 1. The van der Waals surface area contributed by atoms with E-state index in [4.69, 9.17) is 4.74 Å². The van der Waals surface area contributed by atoms with Gasteiger partial charge in [0.25, 0.3) is 5.91 Å². The molecule has 0 atom stereocenters. The van der Waals surface area contributed by atoms with Gasteiger partial charge in [0.15, 0.2) is 5.78 Å². The Morgan fingerprint density at radius 1 is 1.16 bits per heavy atom. The van der Waals surface area contributed by atoms with E-state index in [1.807, 2.05) is 24.3 Å². The van der Waals surface area contributed by atoms with Crippen LogP contribution in [0.25, 0.3) is 10.6 Å². The second kappa shape index (κ2) is 12.1. The van der Waals surface area contributed by atoms with Crippen LogP contribution in [0.4, 0.5) is 5.69 Å². The lowest BCUT2D eigenvalue weighted by molar-refractivity contribution is -0.114. The fourth-order valence-corrected chi connectivity index (χ4v) is 8.36. The topological polar surface area (TPSA) is 118 Å². The molecule has 11 heteroatoms. The fourth-order valence-electron chi connectivity index (χ4n) is 5.74. The lowest BCUT2D eigenvalue weighted by atomic mass is 10.0. The Bertz CT molecular complexity index is 1730. The van der Waals surface area contributed by atoms with E-state index in [2.05, 4.69) is 27.4 Å². The molecule has 1 aromatic heterocycles. The number of nitrogens with one attached hydrogen (secondary N) is 2. The summed E-state index contributed by atoms with van der Waals surface area (Å²) in [6, 6.07) is 10.9. The predicted octanol–water partition coefficient (Wildman–Crippen LogP) is 4.89. The van der Waals surface area contributed by atoms with E-state index in [1.54, 1.807) is 19.2 Å². The molecule has 1 fully saturated rings. The van der Waals surface area contributed by atoms with Crippen LogP contribution in [-0.4, -0.2) is 62.3 Å². The molecule has 0 saturated carbocycles. The summed E-state index contributed by atoms with van der Waals surface area (Å²) >= 11 is 1.50. The normalized spacial score (nSPS) is 18.4. The van der Waals surface area contributed by atoms with Crippen LogP contribution in [0.1, 0.15) is 47.0 Å². The van der Waals surface area contributed by atoms with Crippen LogP contribution in [0, 0.1) is 6.92 Å². The molecule has 0 spiro atoms. The molecular formula is C32H34N4O5S2. The summed E-state index contributed by atoms with van der Waals surface area (Å²) in [5.41, 5.74) is 2.46. The van der Waals surface area contributed by atoms with Crippen molar-refractivity contribution in [1.29, 1.82) is 0 Å². The molecule has 2 aromatic carbocycles. The lowest BCUT2D eigenvalue weighted by Crippen LogP contribution is -2.37. The molecule has 2 N–H and O–H groups in total. The average Bonchev–Trinajstić information content (AvgIpc) is 3.45. The molecule has 224 valence electrons. The monoisotopic (exact) mass is 618 g/mol. The first-order valence-electron chi connectivity index (χ1n) is 14.5. The van der Waals surface area contributed by atoms with Gasteiger partial charge in [-0.1, -0.05) is 13.0 Å². The first-order valence-corrected chi connectivity index (χ1v) is 16.8. The number of ketones is 1. The number of piperidine rings is 1. The highest BCUT2D eigenvalue weighted by atomic mass is 32.2. The van der Waals surface area contributed by atoms with Gasteiger partial charge >= 0.3 is 0 Å². The molecule has 9 nitrogen and oxygen atoms in total. The number of sulfone groups is 1. The molecule has 43 heavy (non-hydrogen) atoms. The number of hydrogen-bond donors (Lipinski definition) is 2. The summed E-state index contributed by atoms with van der Waals surface area (Å²) < 4.78 is 33.0. The van der Waals surface area contributed by atoms with Crippen molar-refractivity contribution < 1.29 is 22.7 Å². The smallest absolute Gasteiger partial charge is 0.251 e. The van der Waals surface area contributed by atoms with Crippen molar-refractivity contribution in [3.05, 3.63) is 81.2 Å². The van der Waals surface area contributed by atoms with E-state index in [0.717, 1.165) is 53.7 Å². The van der Waals surface area contributed by atoms with E-state index < -0.39 is 9.84 Å². The summed E-state index contributed by atoms with van der Waals surface area (Å²) in [6.45, 7) is 7.50. The third-order valence-corrected chi connectivity index (χ3v) is 11.2. The molecule has 1 aliphatic carbocycles. The Kier molecular flexibility index (Phi) is 8.21. The number of nitrogens with zero attached hydrogens (tertiary/aromatic N) is 2. The van der Waals surface area contributed by atoms with E-state index in [9.17, 15) is 18.0 Å². The van der Waals surface area contributed by atoms with Crippen LogP contribution >= 0.6 is 11.3 Å². The molecule has 0 radical (unpaired) electrons. The van der Waals surface area contributed by atoms with Crippen molar-refractivity contribution in [2.24, 2.45) is 0 Å². The van der Waals surface area contributed by atoms with Crippen molar-refractivity contribution >= 4 is 38.6 Å². The maximum absolute atomic E-state index is 13.4. The SMILES string of the molecule is CCN1CCC(Oc2ccc(-c3ncc(CNC(=O)c4ccc5c(c4C)NCC4=C(C=CCC4=O)S5(=O)=O)s3)cc2)CC1. The zero-order valence-corrected chi connectivity index (χ0v) is 25.8. The summed E-state index contributed by atoms with van der Waals surface area (Å²) in [5.74, 6) is 0.326. The molecule has 1 amide bonds. The number of anilines is 1. The van der Waals surface area contributed by atoms with Gasteiger partial charge < -0.3 is 20.3 Å². The molecular weight excluding hydrogens is 585 g/mol. The van der Waals surface area contributed by atoms with Crippen LogP contribution < -0.4 is 15.4 Å². The van der Waals surface area contributed by atoms with Crippen molar-refractivity contribution in [3.63, 3.8) is 0 Å². The average molecular weight is 619 g/mol. The maximum atomic E-state index is 13.4. The van der Waals surface area contributed by atoms with E-state index in [1.165, 1.54) is 29.5 Å². The van der Waals surface area contributed by atoms with Crippen LogP contribution in [0.2, 0.25) is 0 Å². The Hall–Kier alpha value is -3.80. The third-order valence-electron chi connectivity index (χ3n) is 8.26. The zero-order valence-electron chi connectivity index (χ0n) is 24.2. The highest BCUT2D eigenvalue weighted by Crippen LogP contribution is 2.37. The molecule has 2 aliphatic heterocycles. The minimum absolute atomic E-state index is 0.0301. The van der Waals surface area contributed by atoms with Gasteiger partial charge in [0, 0.05) is 53.8 Å². The van der Waals surface area contributed by atoms with Crippen molar-refractivity contribution in [2.45, 2.75) is 50.7 Å². The van der Waals surface area contributed by atoms with Gasteiger partial charge in [0.2, 0.25) is 9.84 Å². The number of carbonyl (C=O) groups excluding carboxylic acids is 2. The molecule has 6 rings (SSSR count). The minimum Gasteiger partial charge on any atom is -0.490 e. The second-order valence-corrected chi connectivity index (χ2v) is 13.9. The van der Waals surface area contributed by atoms with Gasteiger partial charge in [-0.3, -0.25) is 9.59 Å². The Balaban J connectivity index is 1.10. The van der Waals surface area contributed by atoms with Gasteiger partial charge in [-0.2, -0.15) is 0 Å². The summed E-state index contributed by atoms with van der Waals surface area (Å²) in [6.07, 6.45) is 7.33. The first kappa shape index (κ1) is 29.3. The van der Waals surface area contributed by atoms with Gasteiger partial charge in [-0.15, -0.1) is 11.3 Å². The number of benzene rings is 2. The quantitative estimate of drug-likeness (QED) is 0.384. The number of thiazole rings is 1. The predicted molar refractivity (Wildman–Crippen MR) is 167 cm³/mol. The fraction of sp³-hybridized carbons (Fsp3) is 0.344. The summed E-state index contributed by atoms with van der Waals surface area (Å²) in [4.78, 5) is 33.6. The standard InChI is InChI=1S/C32H34N4O5S2/c1-3-36-15-13-23(14-16-36)41-22-9-7-21(8-10-22)32-35-18-24(42-32)17-34-31(38)25-11-12-29-30(20(25)2)33-19-26-27(37)5-4-6-28(26)43(29,39)40/h4,6-12,18,23,33H,3,5,13-17,19H2,1-2H3,(H,34,38). The number of aromatic nitrogens is 1. The van der Waals surface area contributed by atoms with Gasteiger partial charge in [-0.05, 0) is 74.3 Å². The molecule has 0 unspecified atom stereocenters. The molecule has 3 aliphatic rings. The Morgan fingerprint density at radius 2 is 1.93 bits per heavy atom. The molecule has 3 aromatic rings. The van der Waals surface area contributed by atoms with E-state index >= 15 is 0 Å². The number of Topliss-reactive ketones (excluding diaryl/α,β-unsaturated/α-hetero) is 1. The van der Waals surface area contributed by atoms with Gasteiger partial charge in [0.1, 0.15) is 16.9 Å². The summed E-state index contributed by atoms with van der Waals surface area (Å²) in [5, 5.41) is 6.90. The number of rotatable bonds is 7. The van der Waals surface area contributed by atoms with Gasteiger partial charge in [0.05, 0.1) is 22.0 Å². The summed E-state index contributed by atoms with van der Waals surface area (Å²) in [7, 11) is -3.91. The Labute approximate surface area is 255 Å². The minimum atomic E-state index is -3.91. The van der Waals surface area contributed by atoms with Crippen LogP contribution in [0.3, 0.4) is 0 Å². The number of ether oxygens (including phenoxy) is 1.